The zero-order chi connectivity index (χ0) is 19.3. The van der Waals surface area contributed by atoms with Crippen molar-refractivity contribution in [1.29, 1.82) is 0 Å². The molecule has 3 rings (SSSR count). The van der Waals surface area contributed by atoms with Crippen molar-refractivity contribution < 1.29 is 14.7 Å². The van der Waals surface area contributed by atoms with Crippen LogP contribution in [0.4, 0.5) is 0 Å². The summed E-state index contributed by atoms with van der Waals surface area (Å²) in [6, 6.07) is 7.73. The lowest BCUT2D eigenvalue weighted by Gasteiger charge is -2.09. The maximum Gasteiger partial charge on any atom is 0.317 e. The van der Waals surface area contributed by atoms with Gasteiger partial charge in [0.05, 0.1) is 23.9 Å². The number of carboxylic acids is 1. The molecule has 0 aliphatic rings. The van der Waals surface area contributed by atoms with Crippen LogP contribution in [-0.4, -0.2) is 45.1 Å². The number of benzene rings is 1. The minimum atomic E-state index is -0.822. The Morgan fingerprint density at radius 3 is 2.54 bits per heavy atom. The molecule has 0 atom stereocenters. The van der Waals surface area contributed by atoms with Gasteiger partial charge in [0.25, 0.3) is 5.91 Å². The molecule has 1 aromatic carbocycles. The second kappa shape index (κ2) is 8.39. The van der Waals surface area contributed by atoms with E-state index in [1.54, 1.807) is 13.4 Å². The Labute approximate surface area is 151 Å². The van der Waals surface area contributed by atoms with Crippen molar-refractivity contribution >= 4 is 33.8 Å². The summed E-state index contributed by atoms with van der Waals surface area (Å²) in [5.74, 6) is -0.885. The van der Waals surface area contributed by atoms with Gasteiger partial charge in [-0.25, -0.2) is 9.97 Å². The predicted octanol–water partition coefficient (Wildman–Crippen LogP) is 1.63. The molecule has 0 bridgehead atoms. The van der Waals surface area contributed by atoms with Crippen LogP contribution in [-0.2, 0) is 11.3 Å². The molecule has 0 unspecified atom stereocenters. The molecule has 0 fully saturated rings. The second-order valence-electron chi connectivity index (χ2n) is 6.25. The fourth-order valence-electron chi connectivity index (χ4n) is 2.64. The minimum absolute atomic E-state index is 0.0417. The number of likely N-dealkylation sites (N-methyl/N-ethyl adjacent to an activating group) is 1. The molecule has 1 amide bonds. The Bertz CT molecular complexity index is 933. The van der Waals surface area contributed by atoms with Crippen LogP contribution >= 0.6 is 0 Å². The average Bonchev–Trinajstić information content (AvgIpc) is 2.97. The topological polar surface area (TPSA) is 123 Å². The molecule has 2 aromatic heterocycles. The van der Waals surface area contributed by atoms with E-state index in [0.717, 1.165) is 23.0 Å². The largest absolute Gasteiger partial charge is 0.480 e. The molecule has 0 saturated carbocycles. The van der Waals surface area contributed by atoms with Crippen molar-refractivity contribution in [3.05, 3.63) is 36.3 Å². The summed E-state index contributed by atoms with van der Waals surface area (Å²) in [6.07, 6.45) is 1.76. The van der Waals surface area contributed by atoms with Crippen molar-refractivity contribution in [2.45, 2.75) is 20.4 Å². The van der Waals surface area contributed by atoms with Gasteiger partial charge in [-0.15, -0.1) is 0 Å². The molecule has 8 nitrogen and oxygen atoms in total. The van der Waals surface area contributed by atoms with Gasteiger partial charge in [-0.2, -0.15) is 0 Å². The number of carbonyl (C=O) groups is 2. The van der Waals surface area contributed by atoms with Gasteiger partial charge in [0.1, 0.15) is 5.52 Å². The molecule has 0 spiro atoms. The van der Waals surface area contributed by atoms with E-state index < -0.39 is 11.9 Å². The highest BCUT2D eigenvalue weighted by molar-refractivity contribution is 6.11. The van der Waals surface area contributed by atoms with Gasteiger partial charge in [0.2, 0.25) is 0 Å². The van der Waals surface area contributed by atoms with Crippen LogP contribution in [0.5, 0.6) is 0 Å². The highest BCUT2D eigenvalue weighted by atomic mass is 16.4. The number of hydrogen-bond donors (Lipinski definition) is 3. The summed E-state index contributed by atoms with van der Waals surface area (Å²) in [5, 5.41) is 11.3. The van der Waals surface area contributed by atoms with E-state index in [0.29, 0.717) is 11.4 Å². The Hall–Kier alpha value is -3.00. The number of rotatable bonds is 5. The summed E-state index contributed by atoms with van der Waals surface area (Å²) in [4.78, 5) is 29.8. The number of nitrogens with one attached hydrogen (secondary N) is 1. The lowest BCUT2D eigenvalue weighted by molar-refractivity contribution is -0.135. The van der Waals surface area contributed by atoms with Crippen LogP contribution in [0.15, 0.2) is 30.6 Å². The number of aromatic nitrogens is 3. The van der Waals surface area contributed by atoms with Crippen molar-refractivity contribution in [1.82, 2.24) is 19.9 Å². The van der Waals surface area contributed by atoms with Crippen LogP contribution < -0.4 is 11.1 Å². The number of amides is 1. The molecule has 26 heavy (non-hydrogen) atoms. The number of nitrogens with two attached hydrogens (primary N) is 1. The number of fused-ring (bicyclic) bond motifs is 3. The Morgan fingerprint density at radius 1 is 1.31 bits per heavy atom. The molecular formula is C18H23N5O3. The fourth-order valence-corrected chi connectivity index (χ4v) is 2.64. The number of pyridine rings is 1. The third-order valence-electron chi connectivity index (χ3n) is 3.58. The number of carboxylic acid groups (broad SMARTS) is 1. The minimum Gasteiger partial charge on any atom is -0.480 e. The number of primary amides is 1. The first-order valence-corrected chi connectivity index (χ1v) is 8.24. The van der Waals surface area contributed by atoms with Crippen LogP contribution in [0.3, 0.4) is 0 Å². The number of para-hydroxylation sites is 1. The zero-order valence-electron chi connectivity index (χ0n) is 15.1. The molecule has 2 heterocycles. The molecule has 3 aromatic rings. The van der Waals surface area contributed by atoms with Crippen LogP contribution in [0.25, 0.3) is 21.9 Å². The number of nitrogens with zero attached hydrogens (tertiary/aromatic N) is 3. The van der Waals surface area contributed by atoms with Crippen molar-refractivity contribution in [3.8, 4) is 0 Å². The zero-order valence-corrected chi connectivity index (χ0v) is 15.1. The normalized spacial score (nSPS) is 10.8. The summed E-state index contributed by atoms with van der Waals surface area (Å²) in [5.41, 5.74) is 7.94. The first-order chi connectivity index (χ1) is 12.3. The lowest BCUT2D eigenvalue weighted by atomic mass is 10.1. The SMILES string of the molecule is CC(C)Cn1cnc2c(C(N)=O)nc3ccccc3c21.CNCC(=O)O. The van der Waals surface area contributed by atoms with Gasteiger partial charge < -0.3 is 20.7 Å². The van der Waals surface area contributed by atoms with E-state index in [4.69, 9.17) is 10.8 Å². The predicted molar refractivity (Wildman–Crippen MR) is 100.0 cm³/mol. The first-order valence-electron chi connectivity index (χ1n) is 8.24. The smallest absolute Gasteiger partial charge is 0.317 e. The quantitative estimate of drug-likeness (QED) is 0.638. The van der Waals surface area contributed by atoms with Crippen molar-refractivity contribution in [2.24, 2.45) is 11.7 Å². The molecule has 138 valence electrons. The van der Waals surface area contributed by atoms with E-state index in [1.807, 2.05) is 24.3 Å². The van der Waals surface area contributed by atoms with Gasteiger partial charge >= 0.3 is 5.97 Å². The van der Waals surface area contributed by atoms with Crippen molar-refractivity contribution in [2.75, 3.05) is 13.6 Å². The average molecular weight is 357 g/mol. The van der Waals surface area contributed by atoms with Crippen LogP contribution in [0.1, 0.15) is 24.3 Å². The molecular weight excluding hydrogens is 334 g/mol. The van der Waals surface area contributed by atoms with Gasteiger partial charge in [0.15, 0.2) is 5.69 Å². The van der Waals surface area contributed by atoms with E-state index in [1.165, 1.54) is 0 Å². The first kappa shape index (κ1) is 19.3. The Kier molecular flexibility index (Phi) is 6.24. The summed E-state index contributed by atoms with van der Waals surface area (Å²) in [6.45, 7) is 5.16. The molecule has 0 radical (unpaired) electrons. The van der Waals surface area contributed by atoms with E-state index >= 15 is 0 Å². The third-order valence-corrected chi connectivity index (χ3v) is 3.58. The van der Waals surface area contributed by atoms with Gasteiger partial charge in [-0.1, -0.05) is 32.0 Å². The molecule has 0 aliphatic carbocycles. The fraction of sp³-hybridized carbons (Fsp3) is 0.333. The van der Waals surface area contributed by atoms with E-state index in [-0.39, 0.29) is 12.2 Å². The Balaban J connectivity index is 0.000000352. The molecule has 8 heteroatoms. The van der Waals surface area contributed by atoms with Crippen LogP contribution in [0.2, 0.25) is 0 Å². The highest BCUT2D eigenvalue weighted by Crippen LogP contribution is 2.26. The van der Waals surface area contributed by atoms with Gasteiger partial charge in [0, 0.05) is 11.9 Å². The van der Waals surface area contributed by atoms with Crippen LogP contribution in [0, 0.1) is 5.92 Å². The standard InChI is InChI=1S/C15H16N4O.C3H7NO2/c1-9(2)7-19-8-17-12-13(15(16)20)18-11-6-4-3-5-10(11)14(12)19;1-4-2-3(5)6/h3-6,8-9H,7H2,1-2H3,(H2,16,20);4H,2H2,1H3,(H,5,6). The number of aliphatic carboxylic acids is 1. The second-order valence-corrected chi connectivity index (χ2v) is 6.25. The molecule has 4 N–H and O–H groups in total. The van der Waals surface area contributed by atoms with E-state index in [9.17, 15) is 9.59 Å². The van der Waals surface area contributed by atoms with Crippen molar-refractivity contribution in [3.63, 3.8) is 0 Å². The number of imidazole rings is 1. The molecule has 0 aliphatic heterocycles. The summed E-state index contributed by atoms with van der Waals surface area (Å²) in [7, 11) is 1.59. The molecule has 0 saturated heterocycles. The van der Waals surface area contributed by atoms with E-state index in [2.05, 4.69) is 33.7 Å². The maximum atomic E-state index is 11.6. The number of hydrogen-bond acceptors (Lipinski definition) is 5. The highest BCUT2D eigenvalue weighted by Gasteiger charge is 2.17. The van der Waals surface area contributed by atoms with Gasteiger partial charge in [-0.3, -0.25) is 9.59 Å². The Morgan fingerprint density at radius 2 is 2.00 bits per heavy atom. The summed E-state index contributed by atoms with van der Waals surface area (Å²) < 4.78 is 2.07. The number of carbonyl (C=O) groups excluding carboxylic acids is 1. The third kappa shape index (κ3) is 4.34. The monoisotopic (exact) mass is 357 g/mol. The maximum absolute atomic E-state index is 11.6. The van der Waals surface area contributed by atoms with Gasteiger partial charge in [-0.05, 0) is 19.0 Å². The lowest BCUT2D eigenvalue weighted by Crippen LogP contribution is -2.16. The summed E-state index contributed by atoms with van der Waals surface area (Å²) >= 11 is 0.